The van der Waals surface area contributed by atoms with Gasteiger partial charge in [0, 0.05) is 18.5 Å². The van der Waals surface area contributed by atoms with Crippen molar-refractivity contribution < 1.29 is 14.3 Å². The van der Waals surface area contributed by atoms with Gasteiger partial charge in [-0.25, -0.2) is 0 Å². The summed E-state index contributed by atoms with van der Waals surface area (Å²) in [6, 6.07) is 7.27. The molecule has 3 unspecified atom stereocenters. The summed E-state index contributed by atoms with van der Waals surface area (Å²) in [4.78, 5) is 12.7. The van der Waals surface area contributed by atoms with Gasteiger partial charge >= 0.3 is 0 Å². The van der Waals surface area contributed by atoms with E-state index in [1.807, 2.05) is 18.2 Å². The Morgan fingerprint density at radius 3 is 2.48 bits per heavy atom. The van der Waals surface area contributed by atoms with Crippen LogP contribution in [0.4, 0.5) is 0 Å². The highest BCUT2D eigenvalue weighted by Gasteiger charge is 2.34. The molecule has 1 aromatic carbocycles. The van der Waals surface area contributed by atoms with E-state index in [0.717, 1.165) is 29.9 Å². The number of fused-ring (bicyclic) bond motifs is 3. The van der Waals surface area contributed by atoms with Gasteiger partial charge < -0.3 is 20.1 Å². The quantitative estimate of drug-likeness (QED) is 0.800. The molecular weight excluding hydrogens is 364 g/mol. The molecule has 0 saturated carbocycles. The Hall–Kier alpha value is -1.46. The third-order valence-corrected chi connectivity index (χ3v) is 5.95. The number of benzene rings is 1. The molecule has 2 bridgehead atoms. The van der Waals surface area contributed by atoms with Crippen molar-refractivity contribution in [2.45, 2.75) is 64.1 Å². The Balaban J connectivity index is 0.00000210. The molecule has 150 valence electrons. The predicted molar refractivity (Wildman–Crippen MR) is 108 cm³/mol. The van der Waals surface area contributed by atoms with E-state index in [1.165, 1.54) is 12.8 Å². The van der Waals surface area contributed by atoms with Crippen molar-refractivity contribution in [2.24, 2.45) is 11.8 Å². The zero-order valence-corrected chi connectivity index (χ0v) is 17.0. The lowest BCUT2D eigenvalue weighted by atomic mass is 9.89. The van der Waals surface area contributed by atoms with Crippen molar-refractivity contribution >= 4 is 18.3 Å². The summed E-state index contributed by atoms with van der Waals surface area (Å²) >= 11 is 0. The van der Waals surface area contributed by atoms with Gasteiger partial charge in [0.05, 0.1) is 6.04 Å². The van der Waals surface area contributed by atoms with Crippen LogP contribution < -0.4 is 20.1 Å². The standard InChI is InChI=1S/C21H30N2O3.ClH/c1-13(2)21(15-3-6-18-19(12-15)26-8-7-25-18)23-20(24)11-14-9-16-4-5-17(10-14)22-16;/h3,6,12-14,16-17,21-22H,4-5,7-11H2,1-2H3,(H,23,24);1H. The average molecular weight is 395 g/mol. The molecule has 2 fully saturated rings. The molecule has 1 aromatic rings. The van der Waals surface area contributed by atoms with E-state index in [-0.39, 0.29) is 24.4 Å². The van der Waals surface area contributed by atoms with Gasteiger partial charge in [-0.15, -0.1) is 12.4 Å². The van der Waals surface area contributed by atoms with Crippen LogP contribution in [-0.4, -0.2) is 31.2 Å². The summed E-state index contributed by atoms with van der Waals surface area (Å²) in [5.74, 6) is 2.57. The molecular formula is C21H31ClN2O3. The minimum atomic E-state index is -0.00300. The van der Waals surface area contributed by atoms with Gasteiger partial charge in [-0.05, 0) is 55.2 Å². The zero-order chi connectivity index (χ0) is 18.1. The Labute approximate surface area is 168 Å². The summed E-state index contributed by atoms with van der Waals surface area (Å²) in [5, 5.41) is 6.93. The van der Waals surface area contributed by atoms with Gasteiger partial charge in [-0.1, -0.05) is 19.9 Å². The highest BCUT2D eigenvalue weighted by atomic mass is 35.5. The van der Waals surface area contributed by atoms with Gasteiger partial charge in [0.2, 0.25) is 5.91 Å². The molecule has 0 aromatic heterocycles. The van der Waals surface area contributed by atoms with Gasteiger partial charge in [0.25, 0.3) is 0 Å². The number of hydrogen-bond acceptors (Lipinski definition) is 4. The van der Waals surface area contributed by atoms with Gasteiger partial charge in [-0.2, -0.15) is 0 Å². The van der Waals surface area contributed by atoms with Crippen LogP contribution >= 0.6 is 12.4 Å². The number of piperidine rings is 1. The highest BCUT2D eigenvalue weighted by Crippen LogP contribution is 2.35. The predicted octanol–water partition coefficient (Wildman–Crippen LogP) is 3.61. The van der Waals surface area contributed by atoms with Gasteiger partial charge in [0.15, 0.2) is 11.5 Å². The summed E-state index contributed by atoms with van der Waals surface area (Å²) < 4.78 is 11.3. The maximum atomic E-state index is 12.7. The van der Waals surface area contributed by atoms with Crippen LogP contribution in [0.1, 0.15) is 57.6 Å². The fraction of sp³-hybridized carbons (Fsp3) is 0.667. The lowest BCUT2D eigenvalue weighted by Gasteiger charge is -2.30. The molecule has 27 heavy (non-hydrogen) atoms. The van der Waals surface area contributed by atoms with Crippen LogP contribution in [0, 0.1) is 11.8 Å². The number of carbonyl (C=O) groups is 1. The monoisotopic (exact) mass is 394 g/mol. The first-order valence-electron chi connectivity index (χ1n) is 10.0. The van der Waals surface area contributed by atoms with Crippen LogP contribution in [0.25, 0.3) is 0 Å². The number of rotatable bonds is 5. The SMILES string of the molecule is CC(C)C(NC(=O)CC1CC2CCC(C1)N2)c1ccc2c(c1)OCCO2.Cl. The molecule has 0 aliphatic carbocycles. The van der Waals surface area contributed by atoms with Gasteiger partial charge in [-0.3, -0.25) is 4.79 Å². The van der Waals surface area contributed by atoms with Crippen LogP contribution in [-0.2, 0) is 4.79 Å². The molecule has 3 atom stereocenters. The molecule has 2 saturated heterocycles. The number of ether oxygens (including phenoxy) is 2. The Morgan fingerprint density at radius 2 is 1.81 bits per heavy atom. The maximum Gasteiger partial charge on any atom is 0.220 e. The normalized spacial score (nSPS) is 27.0. The number of halogens is 1. The van der Waals surface area contributed by atoms with Gasteiger partial charge in [0.1, 0.15) is 13.2 Å². The van der Waals surface area contributed by atoms with Crippen molar-refractivity contribution in [1.29, 1.82) is 0 Å². The highest BCUT2D eigenvalue weighted by molar-refractivity contribution is 5.85. The Morgan fingerprint density at radius 1 is 1.15 bits per heavy atom. The van der Waals surface area contributed by atoms with Crippen LogP contribution in [0.3, 0.4) is 0 Å². The van der Waals surface area contributed by atoms with E-state index in [4.69, 9.17) is 9.47 Å². The first-order chi connectivity index (χ1) is 12.6. The number of amides is 1. The molecule has 3 aliphatic heterocycles. The topological polar surface area (TPSA) is 59.6 Å². The Bertz CT molecular complexity index is 655. The molecule has 4 rings (SSSR count). The second-order valence-electron chi connectivity index (χ2n) is 8.37. The van der Waals surface area contributed by atoms with Crippen LogP contribution in [0.5, 0.6) is 11.5 Å². The molecule has 5 nitrogen and oxygen atoms in total. The minimum absolute atomic E-state index is 0. The van der Waals surface area contributed by atoms with E-state index in [0.29, 0.717) is 43.6 Å². The fourth-order valence-corrected chi connectivity index (χ4v) is 4.72. The first kappa shape index (κ1) is 20.3. The van der Waals surface area contributed by atoms with Crippen molar-refractivity contribution in [3.05, 3.63) is 23.8 Å². The summed E-state index contributed by atoms with van der Waals surface area (Å²) in [6.45, 7) is 5.46. The third-order valence-electron chi connectivity index (χ3n) is 5.95. The lowest BCUT2D eigenvalue weighted by Crippen LogP contribution is -2.40. The number of nitrogens with one attached hydrogen (secondary N) is 2. The first-order valence-corrected chi connectivity index (χ1v) is 10.0. The minimum Gasteiger partial charge on any atom is -0.486 e. The molecule has 2 N–H and O–H groups in total. The fourth-order valence-electron chi connectivity index (χ4n) is 4.72. The number of hydrogen-bond donors (Lipinski definition) is 2. The number of carbonyl (C=O) groups excluding carboxylic acids is 1. The molecule has 0 spiro atoms. The Kier molecular flexibility index (Phi) is 6.53. The molecule has 1 amide bonds. The second-order valence-corrected chi connectivity index (χ2v) is 8.37. The second kappa shape index (κ2) is 8.70. The zero-order valence-electron chi connectivity index (χ0n) is 16.2. The molecule has 0 radical (unpaired) electrons. The smallest absolute Gasteiger partial charge is 0.220 e. The van der Waals surface area contributed by atoms with Crippen molar-refractivity contribution in [3.8, 4) is 11.5 Å². The summed E-state index contributed by atoms with van der Waals surface area (Å²) in [7, 11) is 0. The van der Waals surface area contributed by atoms with Crippen molar-refractivity contribution in [2.75, 3.05) is 13.2 Å². The van der Waals surface area contributed by atoms with Crippen LogP contribution in [0.2, 0.25) is 0 Å². The van der Waals surface area contributed by atoms with Crippen molar-refractivity contribution in [1.82, 2.24) is 10.6 Å². The molecule has 6 heteroatoms. The lowest BCUT2D eigenvalue weighted by molar-refractivity contribution is -0.123. The van der Waals surface area contributed by atoms with E-state index in [2.05, 4.69) is 24.5 Å². The third kappa shape index (κ3) is 4.69. The van der Waals surface area contributed by atoms with E-state index >= 15 is 0 Å². The largest absolute Gasteiger partial charge is 0.486 e. The van der Waals surface area contributed by atoms with E-state index in [9.17, 15) is 4.79 Å². The molecule has 3 heterocycles. The summed E-state index contributed by atoms with van der Waals surface area (Å²) in [5.41, 5.74) is 1.09. The van der Waals surface area contributed by atoms with E-state index < -0.39 is 0 Å². The summed E-state index contributed by atoms with van der Waals surface area (Å²) in [6.07, 6.45) is 5.46. The average Bonchev–Trinajstić information content (AvgIpc) is 2.97. The van der Waals surface area contributed by atoms with E-state index in [1.54, 1.807) is 0 Å². The van der Waals surface area contributed by atoms with Crippen LogP contribution in [0.15, 0.2) is 18.2 Å². The van der Waals surface area contributed by atoms with Crippen molar-refractivity contribution in [3.63, 3.8) is 0 Å². The molecule has 3 aliphatic rings. The maximum absolute atomic E-state index is 12.7.